The van der Waals surface area contributed by atoms with Crippen LogP contribution in [-0.2, 0) is 15.0 Å². The van der Waals surface area contributed by atoms with E-state index in [9.17, 15) is 9.59 Å². The smallest absolute Gasteiger partial charge is 0.232 e. The highest BCUT2D eigenvalue weighted by atomic mass is 16.7. The predicted octanol–water partition coefficient (Wildman–Crippen LogP) is 0.993. The van der Waals surface area contributed by atoms with Gasteiger partial charge in [-0.05, 0) is 31.5 Å². The summed E-state index contributed by atoms with van der Waals surface area (Å²) in [5, 5.41) is 0. The van der Waals surface area contributed by atoms with Crippen molar-refractivity contribution in [1.82, 2.24) is 9.80 Å². The lowest BCUT2D eigenvalue weighted by Gasteiger charge is -2.37. The van der Waals surface area contributed by atoms with Gasteiger partial charge < -0.3 is 19.3 Å². The zero-order valence-electron chi connectivity index (χ0n) is 12.9. The third-order valence-electron chi connectivity index (χ3n) is 4.38. The number of piperazine rings is 1. The molecule has 22 heavy (non-hydrogen) atoms. The number of rotatable bonds is 3. The van der Waals surface area contributed by atoms with Crippen LogP contribution in [0.3, 0.4) is 0 Å². The van der Waals surface area contributed by atoms with Crippen molar-refractivity contribution in [3.8, 4) is 11.5 Å². The van der Waals surface area contributed by atoms with Gasteiger partial charge in [-0.15, -0.1) is 0 Å². The van der Waals surface area contributed by atoms with E-state index in [0.717, 1.165) is 12.0 Å². The van der Waals surface area contributed by atoms with Gasteiger partial charge in [0.15, 0.2) is 11.5 Å². The highest BCUT2D eigenvalue weighted by molar-refractivity contribution is 5.87. The van der Waals surface area contributed by atoms with E-state index in [1.54, 1.807) is 4.90 Å². The number of benzene rings is 1. The minimum Gasteiger partial charge on any atom is -0.454 e. The van der Waals surface area contributed by atoms with Gasteiger partial charge in [-0.1, -0.05) is 6.07 Å². The number of hydrogen-bond donors (Lipinski definition) is 0. The number of carbonyl (C=O) groups is 2. The first-order valence-electron chi connectivity index (χ1n) is 7.41. The standard InChI is InChI=1S/C16H20N2O4/c1-16(2,12-3-4-13-14(9-12)22-11-21-13)15(20)18-7-5-17(10-19)6-8-18/h3-4,9-10H,5-8,11H2,1-2H3. The highest BCUT2D eigenvalue weighted by Gasteiger charge is 2.36. The Labute approximate surface area is 129 Å². The lowest BCUT2D eigenvalue weighted by atomic mass is 9.82. The maximum absolute atomic E-state index is 12.9. The molecule has 2 aliphatic rings. The molecule has 0 aliphatic carbocycles. The summed E-state index contributed by atoms with van der Waals surface area (Å²) in [6, 6.07) is 5.63. The molecule has 2 heterocycles. The molecule has 1 saturated heterocycles. The molecule has 118 valence electrons. The first kappa shape index (κ1) is 14.7. The van der Waals surface area contributed by atoms with Crippen molar-refractivity contribution in [2.24, 2.45) is 0 Å². The van der Waals surface area contributed by atoms with E-state index in [1.165, 1.54) is 0 Å². The van der Waals surface area contributed by atoms with Crippen molar-refractivity contribution in [3.63, 3.8) is 0 Å². The minimum atomic E-state index is -0.648. The summed E-state index contributed by atoms with van der Waals surface area (Å²) in [6.45, 7) is 6.38. The van der Waals surface area contributed by atoms with Crippen LogP contribution in [0.4, 0.5) is 0 Å². The molecule has 0 N–H and O–H groups in total. The lowest BCUT2D eigenvalue weighted by molar-refractivity contribution is -0.139. The number of carbonyl (C=O) groups excluding carboxylic acids is 2. The number of ether oxygens (including phenoxy) is 2. The highest BCUT2D eigenvalue weighted by Crippen LogP contribution is 2.37. The second kappa shape index (κ2) is 5.51. The Kier molecular flexibility index (Phi) is 3.68. The zero-order valence-corrected chi connectivity index (χ0v) is 12.9. The summed E-state index contributed by atoms with van der Waals surface area (Å²) < 4.78 is 10.7. The first-order chi connectivity index (χ1) is 10.5. The maximum atomic E-state index is 12.9. The van der Waals surface area contributed by atoms with E-state index >= 15 is 0 Å². The van der Waals surface area contributed by atoms with Gasteiger partial charge in [-0.25, -0.2) is 0 Å². The largest absolute Gasteiger partial charge is 0.454 e. The van der Waals surface area contributed by atoms with Gasteiger partial charge >= 0.3 is 0 Å². The van der Waals surface area contributed by atoms with E-state index in [1.807, 2.05) is 36.9 Å². The summed E-state index contributed by atoms with van der Waals surface area (Å²) >= 11 is 0. The van der Waals surface area contributed by atoms with E-state index in [4.69, 9.17) is 9.47 Å². The third kappa shape index (κ3) is 2.49. The first-order valence-corrected chi connectivity index (χ1v) is 7.41. The second-order valence-corrected chi connectivity index (χ2v) is 6.13. The fourth-order valence-corrected chi connectivity index (χ4v) is 2.83. The Hall–Kier alpha value is -2.24. The van der Waals surface area contributed by atoms with Crippen LogP contribution in [0.15, 0.2) is 18.2 Å². The van der Waals surface area contributed by atoms with Gasteiger partial charge in [0.05, 0.1) is 5.41 Å². The molecule has 2 amide bonds. The van der Waals surface area contributed by atoms with Crippen molar-refractivity contribution < 1.29 is 19.1 Å². The molecule has 0 spiro atoms. The molecule has 3 rings (SSSR count). The SMILES string of the molecule is CC(C)(C(=O)N1CCN(C=O)CC1)c1ccc2c(c1)OCO2. The van der Waals surface area contributed by atoms with E-state index in [2.05, 4.69) is 0 Å². The zero-order chi connectivity index (χ0) is 15.7. The number of amides is 2. The van der Waals surface area contributed by atoms with Crippen molar-refractivity contribution in [2.75, 3.05) is 33.0 Å². The molecule has 0 radical (unpaired) electrons. The van der Waals surface area contributed by atoms with Crippen LogP contribution in [0, 0.1) is 0 Å². The van der Waals surface area contributed by atoms with E-state index < -0.39 is 5.41 Å². The average molecular weight is 304 g/mol. The van der Waals surface area contributed by atoms with Gasteiger partial charge in [0.25, 0.3) is 0 Å². The Morgan fingerprint density at radius 2 is 1.82 bits per heavy atom. The maximum Gasteiger partial charge on any atom is 0.232 e. The Morgan fingerprint density at radius 3 is 2.50 bits per heavy atom. The van der Waals surface area contributed by atoms with Crippen molar-refractivity contribution >= 4 is 12.3 Å². The fraction of sp³-hybridized carbons (Fsp3) is 0.500. The normalized spacial score (nSPS) is 17.5. The summed E-state index contributed by atoms with van der Waals surface area (Å²) in [7, 11) is 0. The van der Waals surface area contributed by atoms with Crippen LogP contribution in [0.5, 0.6) is 11.5 Å². The number of hydrogen-bond acceptors (Lipinski definition) is 4. The summed E-state index contributed by atoms with van der Waals surface area (Å²) in [6.07, 6.45) is 0.838. The summed E-state index contributed by atoms with van der Waals surface area (Å²) in [4.78, 5) is 27.1. The molecular formula is C16H20N2O4. The summed E-state index contributed by atoms with van der Waals surface area (Å²) in [5.74, 6) is 1.47. The third-order valence-corrected chi connectivity index (χ3v) is 4.38. The van der Waals surface area contributed by atoms with E-state index in [-0.39, 0.29) is 12.7 Å². The van der Waals surface area contributed by atoms with Crippen LogP contribution in [0.25, 0.3) is 0 Å². The molecule has 0 bridgehead atoms. The number of fused-ring (bicyclic) bond motifs is 1. The Balaban J connectivity index is 1.77. The topological polar surface area (TPSA) is 59.1 Å². The van der Waals surface area contributed by atoms with Gasteiger partial charge in [0.1, 0.15) is 0 Å². The van der Waals surface area contributed by atoms with Crippen molar-refractivity contribution in [3.05, 3.63) is 23.8 Å². The van der Waals surface area contributed by atoms with Crippen LogP contribution in [0.1, 0.15) is 19.4 Å². The Bertz CT molecular complexity index is 592. The molecule has 1 aromatic carbocycles. The average Bonchev–Trinajstić information content (AvgIpc) is 3.01. The van der Waals surface area contributed by atoms with E-state index in [0.29, 0.717) is 37.7 Å². The quantitative estimate of drug-likeness (QED) is 0.782. The van der Waals surface area contributed by atoms with Crippen LogP contribution in [-0.4, -0.2) is 55.1 Å². The van der Waals surface area contributed by atoms with Crippen LogP contribution >= 0.6 is 0 Å². The molecule has 0 aromatic heterocycles. The molecule has 2 aliphatic heterocycles. The number of nitrogens with zero attached hydrogens (tertiary/aromatic N) is 2. The molecule has 6 nitrogen and oxygen atoms in total. The predicted molar refractivity (Wildman–Crippen MR) is 79.8 cm³/mol. The monoisotopic (exact) mass is 304 g/mol. The van der Waals surface area contributed by atoms with Gasteiger partial charge in [0.2, 0.25) is 19.1 Å². The lowest BCUT2D eigenvalue weighted by Crippen LogP contribution is -2.52. The summed E-state index contributed by atoms with van der Waals surface area (Å²) in [5.41, 5.74) is 0.254. The van der Waals surface area contributed by atoms with Gasteiger partial charge in [-0.2, -0.15) is 0 Å². The molecule has 0 unspecified atom stereocenters. The molecule has 0 saturated carbocycles. The fourth-order valence-electron chi connectivity index (χ4n) is 2.83. The molecular weight excluding hydrogens is 284 g/mol. The molecule has 1 aromatic rings. The van der Waals surface area contributed by atoms with Crippen LogP contribution in [0.2, 0.25) is 0 Å². The van der Waals surface area contributed by atoms with Gasteiger partial charge in [-0.3, -0.25) is 9.59 Å². The second-order valence-electron chi connectivity index (χ2n) is 6.13. The Morgan fingerprint density at radius 1 is 1.14 bits per heavy atom. The molecule has 1 fully saturated rings. The van der Waals surface area contributed by atoms with Crippen LogP contribution < -0.4 is 9.47 Å². The molecule has 0 atom stereocenters. The minimum absolute atomic E-state index is 0.0666. The molecule has 6 heteroatoms. The van der Waals surface area contributed by atoms with Gasteiger partial charge in [0, 0.05) is 26.2 Å². The van der Waals surface area contributed by atoms with Crippen molar-refractivity contribution in [2.45, 2.75) is 19.3 Å². The van der Waals surface area contributed by atoms with Crippen molar-refractivity contribution in [1.29, 1.82) is 0 Å².